The monoisotopic (exact) mass is 482 g/mol. The molecule has 0 saturated carbocycles. The van der Waals surface area contributed by atoms with Crippen LogP contribution in [0.25, 0.3) is 0 Å². The van der Waals surface area contributed by atoms with Crippen molar-refractivity contribution in [2.45, 2.75) is 38.2 Å². The van der Waals surface area contributed by atoms with E-state index < -0.39 is 40.7 Å². The SMILES string of the molecule is CC(C)(C)OC(=O)N1C(=O)C(c2ccccc2)([C@@H]2CC(=O)N(c3ccccc3)C2=O)c2ccccc21. The maximum absolute atomic E-state index is 14.4. The van der Waals surface area contributed by atoms with E-state index in [1.165, 1.54) is 0 Å². The van der Waals surface area contributed by atoms with Gasteiger partial charge in [0, 0.05) is 6.42 Å². The third kappa shape index (κ3) is 3.50. The quantitative estimate of drug-likeness (QED) is 0.499. The molecule has 2 aliphatic rings. The van der Waals surface area contributed by atoms with Crippen molar-refractivity contribution in [2.24, 2.45) is 5.92 Å². The van der Waals surface area contributed by atoms with Gasteiger partial charge >= 0.3 is 6.09 Å². The second-order valence-corrected chi connectivity index (χ2v) is 9.97. The molecule has 2 heterocycles. The first-order valence-corrected chi connectivity index (χ1v) is 11.8. The molecule has 0 bridgehead atoms. The van der Waals surface area contributed by atoms with E-state index >= 15 is 0 Å². The van der Waals surface area contributed by atoms with Crippen molar-refractivity contribution in [1.82, 2.24) is 0 Å². The zero-order valence-electron chi connectivity index (χ0n) is 20.3. The van der Waals surface area contributed by atoms with E-state index in [9.17, 15) is 19.2 Å². The summed E-state index contributed by atoms with van der Waals surface area (Å²) < 4.78 is 5.58. The molecule has 0 N–H and O–H groups in total. The Hall–Kier alpha value is -4.26. The predicted molar refractivity (Wildman–Crippen MR) is 134 cm³/mol. The van der Waals surface area contributed by atoms with Crippen LogP contribution in [0, 0.1) is 5.92 Å². The number of hydrogen-bond acceptors (Lipinski definition) is 5. The van der Waals surface area contributed by atoms with Gasteiger partial charge in [0.15, 0.2) is 0 Å². The second-order valence-electron chi connectivity index (χ2n) is 9.97. The van der Waals surface area contributed by atoms with Gasteiger partial charge in [-0.3, -0.25) is 19.3 Å². The average Bonchev–Trinajstić information content (AvgIpc) is 3.29. The van der Waals surface area contributed by atoms with Gasteiger partial charge in [0.05, 0.1) is 17.3 Å². The maximum Gasteiger partial charge on any atom is 0.421 e. The molecule has 0 spiro atoms. The van der Waals surface area contributed by atoms with Crippen molar-refractivity contribution < 1.29 is 23.9 Å². The normalized spacial score (nSPS) is 21.6. The first kappa shape index (κ1) is 23.5. The fourth-order valence-corrected chi connectivity index (χ4v) is 5.23. The maximum atomic E-state index is 14.4. The highest BCUT2D eigenvalue weighted by atomic mass is 16.6. The first-order chi connectivity index (χ1) is 17.2. The summed E-state index contributed by atoms with van der Waals surface area (Å²) in [5.74, 6) is -2.53. The summed E-state index contributed by atoms with van der Waals surface area (Å²) in [5.41, 5.74) is -0.596. The summed E-state index contributed by atoms with van der Waals surface area (Å²) in [7, 11) is 0. The zero-order valence-corrected chi connectivity index (χ0v) is 20.3. The van der Waals surface area contributed by atoms with E-state index in [1.807, 2.05) is 6.07 Å². The molecule has 7 heteroatoms. The number of anilines is 2. The summed E-state index contributed by atoms with van der Waals surface area (Å²) >= 11 is 0. The van der Waals surface area contributed by atoms with Crippen LogP contribution in [-0.4, -0.2) is 29.4 Å². The number of nitrogens with zero attached hydrogens (tertiary/aromatic N) is 2. The van der Waals surface area contributed by atoms with Gasteiger partial charge in [-0.05, 0) is 50.1 Å². The Kier molecular flexibility index (Phi) is 5.51. The van der Waals surface area contributed by atoms with E-state index in [0.717, 1.165) is 9.80 Å². The van der Waals surface area contributed by atoms with Gasteiger partial charge in [-0.2, -0.15) is 0 Å². The number of fused-ring (bicyclic) bond motifs is 1. The smallest absolute Gasteiger partial charge is 0.421 e. The Balaban J connectivity index is 1.72. The Labute approximate surface area is 209 Å². The minimum atomic E-state index is -1.58. The lowest BCUT2D eigenvalue weighted by Gasteiger charge is -2.33. The highest BCUT2D eigenvalue weighted by Gasteiger charge is 2.64. The zero-order chi connectivity index (χ0) is 25.7. The molecule has 5 rings (SSSR count). The van der Waals surface area contributed by atoms with Crippen molar-refractivity contribution in [3.8, 4) is 0 Å². The fraction of sp³-hybridized carbons (Fsp3) is 0.241. The van der Waals surface area contributed by atoms with Crippen molar-refractivity contribution in [3.05, 3.63) is 96.1 Å². The summed E-state index contributed by atoms with van der Waals surface area (Å²) in [4.78, 5) is 57.1. The van der Waals surface area contributed by atoms with Crippen LogP contribution in [0.4, 0.5) is 16.2 Å². The Morgan fingerprint density at radius 1 is 0.861 bits per heavy atom. The lowest BCUT2D eigenvalue weighted by Crippen LogP contribution is -2.51. The van der Waals surface area contributed by atoms with E-state index in [4.69, 9.17) is 4.74 Å². The topological polar surface area (TPSA) is 84.0 Å². The molecule has 3 aromatic rings. The van der Waals surface area contributed by atoms with Gasteiger partial charge in [-0.1, -0.05) is 66.7 Å². The Morgan fingerprint density at radius 3 is 2.08 bits per heavy atom. The minimum Gasteiger partial charge on any atom is -0.443 e. The molecule has 182 valence electrons. The molecule has 36 heavy (non-hydrogen) atoms. The van der Waals surface area contributed by atoms with Gasteiger partial charge in [-0.25, -0.2) is 9.69 Å². The summed E-state index contributed by atoms with van der Waals surface area (Å²) in [5, 5.41) is 0. The van der Waals surface area contributed by atoms with Gasteiger partial charge in [0.25, 0.3) is 5.91 Å². The molecule has 1 fully saturated rings. The van der Waals surface area contributed by atoms with E-state index in [-0.39, 0.29) is 6.42 Å². The molecule has 0 aliphatic carbocycles. The van der Waals surface area contributed by atoms with Crippen LogP contribution in [0.2, 0.25) is 0 Å². The molecule has 3 aromatic carbocycles. The predicted octanol–water partition coefficient (Wildman–Crippen LogP) is 4.83. The Bertz CT molecular complexity index is 1360. The van der Waals surface area contributed by atoms with E-state index in [0.29, 0.717) is 22.5 Å². The first-order valence-electron chi connectivity index (χ1n) is 11.8. The van der Waals surface area contributed by atoms with Crippen LogP contribution < -0.4 is 9.80 Å². The summed E-state index contributed by atoms with van der Waals surface area (Å²) in [6, 6.07) is 24.4. The van der Waals surface area contributed by atoms with Gasteiger partial charge in [0.2, 0.25) is 11.8 Å². The number of benzene rings is 3. The van der Waals surface area contributed by atoms with Crippen molar-refractivity contribution in [3.63, 3.8) is 0 Å². The number of para-hydroxylation sites is 2. The van der Waals surface area contributed by atoms with E-state index in [1.54, 1.807) is 99.6 Å². The van der Waals surface area contributed by atoms with Crippen LogP contribution in [0.3, 0.4) is 0 Å². The van der Waals surface area contributed by atoms with Crippen LogP contribution in [0.15, 0.2) is 84.9 Å². The largest absolute Gasteiger partial charge is 0.443 e. The molecule has 4 amide bonds. The summed E-state index contributed by atoms with van der Waals surface area (Å²) in [6.45, 7) is 5.16. The van der Waals surface area contributed by atoms with Gasteiger partial charge < -0.3 is 4.74 Å². The fourth-order valence-electron chi connectivity index (χ4n) is 5.23. The highest BCUT2D eigenvalue weighted by Crippen LogP contribution is 2.54. The van der Waals surface area contributed by atoms with Gasteiger partial charge in [0.1, 0.15) is 11.0 Å². The molecule has 0 aromatic heterocycles. The molecule has 1 saturated heterocycles. The highest BCUT2D eigenvalue weighted by molar-refractivity contribution is 6.28. The van der Waals surface area contributed by atoms with Crippen molar-refractivity contribution in [2.75, 3.05) is 9.80 Å². The van der Waals surface area contributed by atoms with Crippen molar-refractivity contribution >= 4 is 35.2 Å². The molecule has 1 unspecified atom stereocenters. The number of carbonyl (C=O) groups is 4. The molecular formula is C29H26N2O5. The molecule has 7 nitrogen and oxygen atoms in total. The third-order valence-corrected chi connectivity index (χ3v) is 6.60. The molecule has 2 atom stereocenters. The minimum absolute atomic E-state index is 0.176. The molecule has 2 aliphatic heterocycles. The third-order valence-electron chi connectivity index (χ3n) is 6.60. The van der Waals surface area contributed by atoms with Crippen molar-refractivity contribution in [1.29, 1.82) is 0 Å². The Morgan fingerprint density at radius 2 is 1.44 bits per heavy atom. The van der Waals surface area contributed by atoms with E-state index in [2.05, 4.69) is 0 Å². The molecule has 0 radical (unpaired) electrons. The number of imide groups is 2. The number of rotatable bonds is 3. The molecular weight excluding hydrogens is 456 g/mol. The number of hydrogen-bond donors (Lipinski definition) is 0. The number of carbonyl (C=O) groups excluding carboxylic acids is 4. The van der Waals surface area contributed by atoms with Crippen LogP contribution in [0.5, 0.6) is 0 Å². The number of amides is 4. The lowest BCUT2D eigenvalue weighted by molar-refractivity contribution is -0.130. The number of ether oxygens (including phenoxy) is 1. The standard InChI is InChI=1S/C29H26N2O5/c1-28(2,3)36-27(35)31-23-17-11-10-16-21(23)29(26(31)34,19-12-6-4-7-13-19)22-18-24(32)30(25(22)33)20-14-8-5-9-15-20/h4-17,22H,18H2,1-3H3/t22-,29?/m1/s1. The van der Waals surface area contributed by atoms with Gasteiger partial charge in [-0.15, -0.1) is 0 Å². The lowest BCUT2D eigenvalue weighted by atomic mass is 9.65. The second kappa shape index (κ2) is 8.45. The van der Waals surface area contributed by atoms with Crippen LogP contribution in [-0.2, 0) is 24.5 Å². The average molecular weight is 483 g/mol. The van der Waals surface area contributed by atoms with Crippen LogP contribution >= 0.6 is 0 Å². The van der Waals surface area contributed by atoms with Crippen LogP contribution in [0.1, 0.15) is 38.3 Å². The summed E-state index contributed by atoms with van der Waals surface area (Å²) in [6.07, 6.45) is -1.00.